The molecule has 0 fully saturated rings. The van der Waals surface area contributed by atoms with E-state index in [2.05, 4.69) is 27.8 Å². The van der Waals surface area contributed by atoms with Gasteiger partial charge in [0.1, 0.15) is 10.8 Å². The van der Waals surface area contributed by atoms with Crippen molar-refractivity contribution < 1.29 is 0 Å². The molecule has 1 N–H and O–H groups in total. The zero-order valence-corrected chi connectivity index (χ0v) is 16.3. The standard InChI is InChI=1S/C23H17N5S/c1-2-6-16(7-3-1)20-15-29-21(26-20)14-25-23-18-8-4-5-9-19(18)27-22(28-23)17-10-12-24-13-11-17/h1-13,15H,14H2,(H,25,27,28). The Labute approximate surface area is 172 Å². The molecule has 0 aliphatic rings. The van der Waals surface area contributed by atoms with Gasteiger partial charge >= 0.3 is 0 Å². The van der Waals surface area contributed by atoms with Crippen LogP contribution in [0.3, 0.4) is 0 Å². The normalized spacial score (nSPS) is 10.9. The number of hydrogen-bond donors (Lipinski definition) is 1. The quantitative estimate of drug-likeness (QED) is 0.430. The molecule has 5 nitrogen and oxygen atoms in total. The highest BCUT2D eigenvalue weighted by Crippen LogP contribution is 2.26. The van der Waals surface area contributed by atoms with Crippen LogP contribution in [0.4, 0.5) is 5.82 Å². The maximum absolute atomic E-state index is 4.78. The van der Waals surface area contributed by atoms with E-state index in [0.717, 1.165) is 38.5 Å². The molecule has 29 heavy (non-hydrogen) atoms. The molecule has 3 aromatic heterocycles. The molecule has 0 saturated heterocycles. The molecule has 0 unspecified atom stereocenters. The van der Waals surface area contributed by atoms with Gasteiger partial charge in [-0.2, -0.15) is 0 Å². The van der Waals surface area contributed by atoms with Crippen LogP contribution < -0.4 is 5.32 Å². The molecule has 2 aromatic carbocycles. The molecule has 0 radical (unpaired) electrons. The van der Waals surface area contributed by atoms with Gasteiger partial charge in [0.25, 0.3) is 0 Å². The van der Waals surface area contributed by atoms with E-state index in [9.17, 15) is 0 Å². The second kappa shape index (κ2) is 7.77. The van der Waals surface area contributed by atoms with E-state index < -0.39 is 0 Å². The average Bonchev–Trinajstić information content (AvgIpc) is 3.27. The second-order valence-electron chi connectivity index (χ2n) is 6.49. The summed E-state index contributed by atoms with van der Waals surface area (Å²) in [5.41, 5.74) is 3.97. The monoisotopic (exact) mass is 395 g/mol. The summed E-state index contributed by atoms with van der Waals surface area (Å²) in [7, 11) is 0. The fraction of sp³-hybridized carbons (Fsp3) is 0.0435. The molecule has 5 rings (SSSR count). The van der Waals surface area contributed by atoms with Crippen LogP contribution in [0.2, 0.25) is 0 Å². The molecule has 3 heterocycles. The van der Waals surface area contributed by atoms with Crippen LogP contribution in [0.15, 0.2) is 84.5 Å². The Morgan fingerprint density at radius 2 is 1.55 bits per heavy atom. The summed E-state index contributed by atoms with van der Waals surface area (Å²) in [4.78, 5) is 18.3. The Bertz CT molecular complexity index is 1250. The van der Waals surface area contributed by atoms with Gasteiger partial charge in [-0.15, -0.1) is 11.3 Å². The van der Waals surface area contributed by atoms with E-state index in [1.807, 2.05) is 54.6 Å². The highest BCUT2D eigenvalue weighted by molar-refractivity contribution is 7.10. The molecule has 0 atom stereocenters. The second-order valence-corrected chi connectivity index (χ2v) is 7.44. The number of fused-ring (bicyclic) bond motifs is 1. The van der Waals surface area contributed by atoms with Crippen molar-refractivity contribution in [2.45, 2.75) is 6.54 Å². The molecular weight excluding hydrogens is 378 g/mol. The molecule has 0 saturated carbocycles. The van der Waals surface area contributed by atoms with Gasteiger partial charge in [-0.1, -0.05) is 42.5 Å². The van der Waals surface area contributed by atoms with E-state index in [4.69, 9.17) is 15.0 Å². The third kappa shape index (κ3) is 3.70. The molecule has 0 bridgehead atoms. The van der Waals surface area contributed by atoms with E-state index in [1.165, 1.54) is 0 Å². The fourth-order valence-corrected chi connectivity index (χ4v) is 3.88. The van der Waals surface area contributed by atoms with Gasteiger partial charge in [-0.25, -0.2) is 15.0 Å². The number of benzene rings is 2. The number of nitrogens with zero attached hydrogens (tertiary/aromatic N) is 4. The largest absolute Gasteiger partial charge is 0.363 e. The highest BCUT2D eigenvalue weighted by Gasteiger charge is 2.10. The zero-order valence-electron chi connectivity index (χ0n) is 15.5. The number of hydrogen-bond acceptors (Lipinski definition) is 6. The van der Waals surface area contributed by atoms with Gasteiger partial charge in [0.05, 0.1) is 17.8 Å². The Kier molecular flexibility index (Phi) is 4.68. The SMILES string of the molecule is c1ccc(-c2csc(CNc3nc(-c4ccncc4)nc4ccccc34)n2)cc1. The molecule has 6 heteroatoms. The summed E-state index contributed by atoms with van der Waals surface area (Å²) in [6, 6.07) is 22.1. The smallest absolute Gasteiger partial charge is 0.162 e. The van der Waals surface area contributed by atoms with Gasteiger partial charge in [-0.3, -0.25) is 4.98 Å². The molecule has 0 aliphatic carbocycles. The predicted octanol–water partition coefficient (Wildman–Crippen LogP) is 5.43. The molecule has 0 spiro atoms. The Hall–Kier alpha value is -3.64. The highest BCUT2D eigenvalue weighted by atomic mass is 32.1. The first-order valence-electron chi connectivity index (χ1n) is 9.28. The molecule has 5 aromatic rings. The van der Waals surface area contributed by atoms with Gasteiger partial charge in [0.2, 0.25) is 0 Å². The van der Waals surface area contributed by atoms with E-state index in [0.29, 0.717) is 12.4 Å². The number of aromatic nitrogens is 4. The maximum Gasteiger partial charge on any atom is 0.162 e. The van der Waals surface area contributed by atoms with Gasteiger partial charge in [0, 0.05) is 34.3 Å². The van der Waals surface area contributed by atoms with Crippen LogP contribution in [-0.2, 0) is 6.54 Å². The lowest BCUT2D eigenvalue weighted by molar-refractivity contribution is 1.08. The summed E-state index contributed by atoms with van der Waals surface area (Å²) in [5, 5.41) is 7.55. The summed E-state index contributed by atoms with van der Waals surface area (Å²) in [6.45, 7) is 0.605. The van der Waals surface area contributed by atoms with Crippen molar-refractivity contribution in [1.82, 2.24) is 19.9 Å². The van der Waals surface area contributed by atoms with Crippen molar-refractivity contribution in [3.8, 4) is 22.6 Å². The van der Waals surface area contributed by atoms with Gasteiger partial charge in [-0.05, 0) is 24.3 Å². The number of para-hydroxylation sites is 1. The van der Waals surface area contributed by atoms with E-state index in [-0.39, 0.29) is 0 Å². The van der Waals surface area contributed by atoms with E-state index >= 15 is 0 Å². The Morgan fingerprint density at radius 3 is 2.41 bits per heavy atom. The van der Waals surface area contributed by atoms with Crippen molar-refractivity contribution in [1.29, 1.82) is 0 Å². The minimum Gasteiger partial charge on any atom is -0.363 e. The first-order valence-corrected chi connectivity index (χ1v) is 10.2. The molecular formula is C23H17N5S. The predicted molar refractivity (Wildman–Crippen MR) is 118 cm³/mol. The number of anilines is 1. The Balaban J connectivity index is 1.45. The van der Waals surface area contributed by atoms with Crippen molar-refractivity contribution in [2.75, 3.05) is 5.32 Å². The lowest BCUT2D eigenvalue weighted by atomic mass is 10.2. The minimum absolute atomic E-state index is 0.605. The van der Waals surface area contributed by atoms with Crippen LogP contribution in [0, 0.1) is 0 Å². The van der Waals surface area contributed by atoms with Crippen molar-refractivity contribution in [3.63, 3.8) is 0 Å². The summed E-state index contributed by atoms with van der Waals surface area (Å²) in [5.74, 6) is 1.48. The Morgan fingerprint density at radius 1 is 0.759 bits per heavy atom. The summed E-state index contributed by atoms with van der Waals surface area (Å²) in [6.07, 6.45) is 3.50. The van der Waals surface area contributed by atoms with Gasteiger partial charge < -0.3 is 5.32 Å². The number of pyridine rings is 1. The number of rotatable bonds is 5. The van der Waals surface area contributed by atoms with E-state index in [1.54, 1.807) is 23.7 Å². The summed E-state index contributed by atoms with van der Waals surface area (Å²) < 4.78 is 0. The van der Waals surface area contributed by atoms with Crippen LogP contribution >= 0.6 is 11.3 Å². The topological polar surface area (TPSA) is 63.6 Å². The van der Waals surface area contributed by atoms with Crippen LogP contribution in [0.5, 0.6) is 0 Å². The van der Waals surface area contributed by atoms with Crippen LogP contribution in [0.1, 0.15) is 5.01 Å². The molecule has 0 amide bonds. The number of nitrogens with one attached hydrogen (secondary N) is 1. The van der Waals surface area contributed by atoms with Crippen molar-refractivity contribution >= 4 is 28.1 Å². The lowest BCUT2D eigenvalue weighted by Gasteiger charge is -2.10. The number of thiazole rings is 1. The minimum atomic E-state index is 0.605. The lowest BCUT2D eigenvalue weighted by Crippen LogP contribution is -2.04. The van der Waals surface area contributed by atoms with Crippen LogP contribution in [0.25, 0.3) is 33.5 Å². The third-order valence-corrected chi connectivity index (χ3v) is 5.42. The first-order chi connectivity index (χ1) is 14.4. The van der Waals surface area contributed by atoms with Crippen molar-refractivity contribution in [2.24, 2.45) is 0 Å². The van der Waals surface area contributed by atoms with Crippen LogP contribution in [-0.4, -0.2) is 19.9 Å². The first kappa shape index (κ1) is 17.5. The maximum atomic E-state index is 4.78. The van der Waals surface area contributed by atoms with Crippen molar-refractivity contribution in [3.05, 3.63) is 89.5 Å². The summed E-state index contributed by atoms with van der Waals surface area (Å²) >= 11 is 1.64. The zero-order chi connectivity index (χ0) is 19.5. The third-order valence-electron chi connectivity index (χ3n) is 4.57. The molecule has 140 valence electrons. The fourth-order valence-electron chi connectivity index (χ4n) is 3.13. The average molecular weight is 395 g/mol. The molecule has 0 aliphatic heterocycles. The van der Waals surface area contributed by atoms with Gasteiger partial charge in [0.15, 0.2) is 5.82 Å².